The Kier molecular flexibility index (Phi) is 11.3. The maximum atomic E-state index is 13.4. The molecule has 5 unspecified atom stereocenters. The zero-order valence-electron chi connectivity index (χ0n) is 28.4. The number of aromatic hydroxyl groups is 12. The van der Waals surface area contributed by atoms with Gasteiger partial charge in [0.05, 0.1) is 28.7 Å². The number of hydrogen-bond acceptors (Lipinski definition) is 22. The van der Waals surface area contributed by atoms with Crippen molar-refractivity contribution >= 4 is 23.9 Å². The van der Waals surface area contributed by atoms with E-state index in [1.807, 2.05) is 0 Å². The van der Waals surface area contributed by atoms with Crippen LogP contribution in [0.3, 0.4) is 0 Å². The maximum Gasteiger partial charge on any atom is 0.344 e. The highest BCUT2D eigenvalue weighted by atomic mass is 16.7. The summed E-state index contributed by atoms with van der Waals surface area (Å²) in [6, 6.07) is 5.61. The molecule has 57 heavy (non-hydrogen) atoms. The molecule has 302 valence electrons. The quantitative estimate of drug-likeness (QED) is 0.0603. The number of hydrogen-bond donors (Lipinski definition) is 13. The zero-order chi connectivity index (χ0) is 42.0. The van der Waals surface area contributed by atoms with Gasteiger partial charge in [-0.2, -0.15) is 0 Å². The minimum Gasteiger partial charge on any atom is -0.504 e. The van der Waals surface area contributed by atoms with Crippen molar-refractivity contribution < 1.29 is 109 Å². The monoisotopic (exact) mass is 802 g/mol. The van der Waals surface area contributed by atoms with Gasteiger partial charge < -0.3 is 90.1 Å². The van der Waals surface area contributed by atoms with E-state index >= 15 is 0 Å². The molecule has 0 amide bonds. The van der Waals surface area contributed by atoms with Crippen molar-refractivity contribution in [2.75, 3.05) is 13.2 Å². The van der Waals surface area contributed by atoms with E-state index in [4.69, 9.17) is 23.7 Å². The van der Waals surface area contributed by atoms with Gasteiger partial charge >= 0.3 is 23.9 Å². The lowest BCUT2D eigenvalue weighted by Crippen LogP contribution is -2.59. The standard InChI is InChI=1S/C35H30O22/c36-16-2-1-14(25(44)29(16)48)34(52)57-35-30(56-33(51)13-7-21(41)28(47)22(42)8-13)15(9-53-31(49)11-3-17(37)26(45)18(38)4-11)24(43)23(55-35)10-54-32(50)12-5-19(39)27(46)20(40)6-12/h1-8,15,23-24,30,35-48H,9-10H2. The number of rotatable bonds is 10. The van der Waals surface area contributed by atoms with Gasteiger partial charge in [0.1, 0.15) is 24.9 Å². The van der Waals surface area contributed by atoms with Crippen LogP contribution in [0.1, 0.15) is 41.4 Å². The first kappa shape index (κ1) is 40.5. The average molecular weight is 803 g/mol. The third kappa shape index (κ3) is 8.35. The van der Waals surface area contributed by atoms with Crippen LogP contribution >= 0.6 is 0 Å². The summed E-state index contributed by atoms with van der Waals surface area (Å²) in [6.07, 6.45) is -8.28. The Bertz CT molecular complexity index is 2180. The summed E-state index contributed by atoms with van der Waals surface area (Å²) < 4.78 is 26.8. The molecule has 1 heterocycles. The van der Waals surface area contributed by atoms with Crippen LogP contribution in [-0.4, -0.2) is 128 Å². The second-order valence-electron chi connectivity index (χ2n) is 12.1. The number of carbonyl (C=O) groups excluding carboxylic acids is 4. The molecule has 4 aromatic rings. The summed E-state index contributed by atoms with van der Waals surface area (Å²) in [7, 11) is 0. The smallest absolute Gasteiger partial charge is 0.344 e. The first-order chi connectivity index (χ1) is 26.8. The fourth-order valence-electron chi connectivity index (χ4n) is 5.33. The molecule has 1 saturated heterocycles. The normalized spacial score (nSPS) is 18.9. The van der Waals surface area contributed by atoms with E-state index in [-0.39, 0.29) is 0 Å². The van der Waals surface area contributed by atoms with Crippen LogP contribution in [0.5, 0.6) is 69.0 Å². The minimum absolute atomic E-state index is 0.531. The Hall–Kier alpha value is -7.72. The van der Waals surface area contributed by atoms with Gasteiger partial charge in [-0.05, 0) is 48.5 Å². The summed E-state index contributed by atoms with van der Waals surface area (Å²) in [5.41, 5.74) is -2.57. The van der Waals surface area contributed by atoms with Crippen LogP contribution in [-0.2, 0) is 23.7 Å². The first-order valence-corrected chi connectivity index (χ1v) is 15.9. The summed E-state index contributed by atoms with van der Waals surface area (Å²) in [4.78, 5) is 52.6. The van der Waals surface area contributed by atoms with Crippen molar-refractivity contribution in [2.24, 2.45) is 5.92 Å². The molecule has 0 aliphatic carbocycles. The molecule has 1 aliphatic heterocycles. The van der Waals surface area contributed by atoms with Crippen LogP contribution in [0.2, 0.25) is 0 Å². The number of benzene rings is 4. The molecule has 1 aliphatic rings. The van der Waals surface area contributed by atoms with E-state index < -0.39 is 159 Å². The van der Waals surface area contributed by atoms with E-state index in [9.17, 15) is 85.6 Å². The van der Waals surface area contributed by atoms with E-state index in [1.165, 1.54) is 0 Å². The lowest BCUT2D eigenvalue weighted by Gasteiger charge is -2.43. The molecule has 0 aromatic heterocycles. The number of phenolic OH excluding ortho intramolecular Hbond substituents is 12. The second-order valence-corrected chi connectivity index (χ2v) is 12.1. The average Bonchev–Trinajstić information content (AvgIpc) is 3.16. The van der Waals surface area contributed by atoms with Gasteiger partial charge in [0.2, 0.25) is 12.0 Å². The predicted molar refractivity (Wildman–Crippen MR) is 179 cm³/mol. The molecular weight excluding hydrogens is 772 g/mol. The minimum atomic E-state index is -2.27. The van der Waals surface area contributed by atoms with Crippen molar-refractivity contribution in [2.45, 2.75) is 24.6 Å². The van der Waals surface area contributed by atoms with Gasteiger partial charge in [0.15, 0.2) is 69.3 Å². The number of ether oxygens (including phenoxy) is 5. The molecule has 0 saturated carbocycles. The number of phenols is 12. The molecule has 0 bridgehead atoms. The SMILES string of the molecule is O=C(OCC1OC(OC(=O)c2ccc(O)c(O)c2O)C(OC(=O)c2cc(O)c(O)c(O)c2)C(COC(=O)c2cc(O)c(O)c(O)c2)C1O)c1cc(O)c(O)c(O)c1. The molecule has 13 N–H and O–H groups in total. The fraction of sp³-hybridized carbons (Fsp3) is 0.200. The molecule has 1 fully saturated rings. The molecule has 4 aromatic carbocycles. The Morgan fingerprint density at radius 2 is 0.912 bits per heavy atom. The first-order valence-electron chi connectivity index (χ1n) is 15.9. The van der Waals surface area contributed by atoms with Crippen LogP contribution in [0.4, 0.5) is 0 Å². The largest absolute Gasteiger partial charge is 0.504 e. The molecule has 5 atom stereocenters. The van der Waals surface area contributed by atoms with Crippen molar-refractivity contribution in [3.05, 3.63) is 70.8 Å². The molecule has 22 heteroatoms. The molecule has 0 spiro atoms. The van der Waals surface area contributed by atoms with Crippen LogP contribution in [0.25, 0.3) is 0 Å². The van der Waals surface area contributed by atoms with Gasteiger partial charge in [0.25, 0.3) is 0 Å². The topological polar surface area (TPSA) is 377 Å². The molecular formula is C35H30O22. The van der Waals surface area contributed by atoms with Crippen molar-refractivity contribution in [3.8, 4) is 69.0 Å². The van der Waals surface area contributed by atoms with Crippen molar-refractivity contribution in [3.63, 3.8) is 0 Å². The van der Waals surface area contributed by atoms with E-state index in [1.54, 1.807) is 0 Å². The van der Waals surface area contributed by atoms with Crippen molar-refractivity contribution in [1.29, 1.82) is 0 Å². The summed E-state index contributed by atoms with van der Waals surface area (Å²) in [5.74, 6) is -19.5. The number of aliphatic hydroxyl groups excluding tert-OH is 1. The van der Waals surface area contributed by atoms with Crippen LogP contribution in [0.15, 0.2) is 48.5 Å². The fourth-order valence-corrected chi connectivity index (χ4v) is 5.33. The van der Waals surface area contributed by atoms with E-state index in [0.29, 0.717) is 36.4 Å². The number of aliphatic hydroxyl groups is 1. The second kappa shape index (κ2) is 15.9. The summed E-state index contributed by atoms with van der Waals surface area (Å²) in [6.45, 7) is -2.04. The highest BCUT2D eigenvalue weighted by Crippen LogP contribution is 2.41. The lowest BCUT2D eigenvalue weighted by atomic mass is 9.89. The highest BCUT2D eigenvalue weighted by molar-refractivity contribution is 5.94. The van der Waals surface area contributed by atoms with E-state index in [0.717, 1.165) is 12.1 Å². The Labute approximate surface area is 316 Å². The van der Waals surface area contributed by atoms with Crippen LogP contribution < -0.4 is 0 Å². The van der Waals surface area contributed by atoms with Crippen LogP contribution in [0, 0.1) is 5.92 Å². The third-order valence-electron chi connectivity index (χ3n) is 8.34. The molecule has 22 nitrogen and oxygen atoms in total. The predicted octanol–water partition coefficient (Wildman–Crippen LogP) is 0.952. The highest BCUT2D eigenvalue weighted by Gasteiger charge is 2.51. The Morgan fingerprint density at radius 1 is 0.491 bits per heavy atom. The van der Waals surface area contributed by atoms with Gasteiger partial charge in [-0.1, -0.05) is 0 Å². The van der Waals surface area contributed by atoms with E-state index in [2.05, 4.69) is 0 Å². The molecule has 0 radical (unpaired) electrons. The maximum absolute atomic E-state index is 13.4. The number of esters is 4. The van der Waals surface area contributed by atoms with Gasteiger partial charge in [-0.25, -0.2) is 19.2 Å². The lowest BCUT2D eigenvalue weighted by molar-refractivity contribution is -0.275. The summed E-state index contributed by atoms with van der Waals surface area (Å²) in [5, 5.41) is 130. The molecule has 5 rings (SSSR count). The summed E-state index contributed by atoms with van der Waals surface area (Å²) >= 11 is 0. The Balaban J connectivity index is 1.53. The van der Waals surface area contributed by atoms with Gasteiger partial charge in [-0.15, -0.1) is 0 Å². The zero-order valence-corrected chi connectivity index (χ0v) is 28.4. The van der Waals surface area contributed by atoms with Gasteiger partial charge in [0, 0.05) is 0 Å². The third-order valence-corrected chi connectivity index (χ3v) is 8.34. The Morgan fingerprint density at radius 3 is 1.37 bits per heavy atom. The van der Waals surface area contributed by atoms with Gasteiger partial charge in [-0.3, -0.25) is 0 Å². The van der Waals surface area contributed by atoms with Crippen molar-refractivity contribution in [1.82, 2.24) is 0 Å². The number of carbonyl (C=O) groups is 4.